The number of hydrogen-bond donors (Lipinski definition) is 0. The van der Waals surface area contributed by atoms with Crippen LogP contribution in [-0.4, -0.2) is 95.3 Å². The molecule has 2 aliphatic rings. The van der Waals surface area contributed by atoms with Crippen LogP contribution in [0.25, 0.3) is 0 Å². The van der Waals surface area contributed by atoms with E-state index < -0.39 is 5.60 Å². The van der Waals surface area contributed by atoms with Crippen molar-refractivity contribution in [2.75, 3.05) is 59.5 Å². The van der Waals surface area contributed by atoms with Gasteiger partial charge in [0.15, 0.2) is 0 Å². The molecule has 4 rings (SSSR count). The molecule has 0 saturated carbocycles. The molecule has 8 nitrogen and oxygen atoms in total. The van der Waals surface area contributed by atoms with E-state index in [4.69, 9.17) is 9.47 Å². The Bertz CT molecular complexity index is 913. The molecule has 0 spiro atoms. The lowest BCUT2D eigenvalue weighted by Crippen LogP contribution is -2.58. The first kappa shape index (κ1) is 23.7. The van der Waals surface area contributed by atoms with Crippen molar-refractivity contribution >= 4 is 5.91 Å². The smallest absolute Gasteiger partial charge is 0.225 e. The molecule has 0 bridgehead atoms. The molecular formula is C24H34FN5O3. The fraction of sp³-hybridized carbons (Fsp3) is 0.583. The molecule has 1 aromatic heterocycles. The number of hydrogen-bond acceptors (Lipinski definition) is 6. The number of piperazine rings is 1. The molecular weight excluding hydrogens is 425 g/mol. The van der Waals surface area contributed by atoms with Crippen LogP contribution in [0.3, 0.4) is 0 Å². The SMILES string of the molecule is CCn1ccnc1CN1CCOC(COc2ccc(F)cc2)(CC(=O)N2CCN(C)CC2)C1. The van der Waals surface area contributed by atoms with Crippen LogP contribution in [-0.2, 0) is 22.6 Å². The predicted octanol–water partition coefficient (Wildman–Crippen LogP) is 1.86. The van der Waals surface area contributed by atoms with Gasteiger partial charge in [0, 0.05) is 58.2 Å². The van der Waals surface area contributed by atoms with Gasteiger partial charge in [0.1, 0.15) is 29.6 Å². The Morgan fingerprint density at radius 2 is 1.94 bits per heavy atom. The van der Waals surface area contributed by atoms with Crippen LogP contribution < -0.4 is 4.74 Å². The Kier molecular flexibility index (Phi) is 7.62. The third-order valence-electron chi connectivity index (χ3n) is 6.48. The van der Waals surface area contributed by atoms with Crippen molar-refractivity contribution in [2.45, 2.75) is 32.0 Å². The average molecular weight is 460 g/mol. The highest BCUT2D eigenvalue weighted by Gasteiger charge is 2.41. The molecule has 3 heterocycles. The first-order valence-corrected chi connectivity index (χ1v) is 11.7. The summed E-state index contributed by atoms with van der Waals surface area (Å²) in [6.45, 7) is 8.89. The van der Waals surface area contributed by atoms with Crippen molar-refractivity contribution in [1.82, 2.24) is 24.3 Å². The van der Waals surface area contributed by atoms with E-state index in [0.29, 0.717) is 25.4 Å². The lowest BCUT2D eigenvalue weighted by molar-refractivity contribution is -0.158. The van der Waals surface area contributed by atoms with Crippen LogP contribution >= 0.6 is 0 Å². The fourth-order valence-electron chi connectivity index (χ4n) is 4.47. The summed E-state index contributed by atoms with van der Waals surface area (Å²) in [7, 11) is 2.07. The summed E-state index contributed by atoms with van der Waals surface area (Å²) >= 11 is 0. The molecule has 1 unspecified atom stereocenters. The van der Waals surface area contributed by atoms with Gasteiger partial charge >= 0.3 is 0 Å². The van der Waals surface area contributed by atoms with Crippen LogP contribution in [0.4, 0.5) is 4.39 Å². The second-order valence-electron chi connectivity index (χ2n) is 8.98. The summed E-state index contributed by atoms with van der Waals surface area (Å²) in [6, 6.07) is 5.94. The van der Waals surface area contributed by atoms with Gasteiger partial charge in [0.25, 0.3) is 0 Å². The Morgan fingerprint density at radius 3 is 2.67 bits per heavy atom. The number of carbonyl (C=O) groups excluding carboxylic acids is 1. The van der Waals surface area contributed by atoms with E-state index >= 15 is 0 Å². The van der Waals surface area contributed by atoms with Gasteiger partial charge in [-0.3, -0.25) is 9.69 Å². The maximum atomic E-state index is 13.3. The standard InChI is InChI=1S/C24H34FN5O3/c1-3-29-9-8-26-22(29)17-28-14-15-33-24(18-28,19-32-21-6-4-20(25)5-7-21)16-23(31)30-12-10-27(2)11-13-30/h4-9H,3,10-19H2,1-2H3. The normalized spacial score (nSPS) is 22.5. The lowest BCUT2D eigenvalue weighted by atomic mass is 9.96. The van der Waals surface area contributed by atoms with Gasteiger partial charge in [-0.15, -0.1) is 0 Å². The molecule has 180 valence electrons. The molecule has 0 N–H and O–H groups in total. The maximum Gasteiger partial charge on any atom is 0.225 e. The van der Waals surface area contributed by atoms with Gasteiger partial charge in [-0.1, -0.05) is 0 Å². The number of aromatic nitrogens is 2. The van der Waals surface area contributed by atoms with E-state index in [1.54, 1.807) is 12.1 Å². The number of imidazole rings is 1. The number of nitrogens with zero attached hydrogens (tertiary/aromatic N) is 5. The van der Waals surface area contributed by atoms with Gasteiger partial charge in [-0.2, -0.15) is 0 Å². The zero-order valence-electron chi connectivity index (χ0n) is 19.6. The second-order valence-corrected chi connectivity index (χ2v) is 8.98. The van der Waals surface area contributed by atoms with Crippen molar-refractivity contribution < 1.29 is 18.7 Å². The van der Waals surface area contributed by atoms with Crippen molar-refractivity contribution in [1.29, 1.82) is 0 Å². The number of halogens is 1. The first-order valence-electron chi connectivity index (χ1n) is 11.7. The highest BCUT2D eigenvalue weighted by Crippen LogP contribution is 2.26. The number of morpholine rings is 1. The number of rotatable bonds is 8. The minimum absolute atomic E-state index is 0.0858. The predicted molar refractivity (Wildman–Crippen MR) is 122 cm³/mol. The minimum atomic E-state index is -0.781. The Morgan fingerprint density at radius 1 is 1.18 bits per heavy atom. The van der Waals surface area contributed by atoms with Crippen LogP contribution in [0.5, 0.6) is 5.75 Å². The van der Waals surface area contributed by atoms with E-state index in [2.05, 4.69) is 33.3 Å². The molecule has 33 heavy (non-hydrogen) atoms. The van der Waals surface area contributed by atoms with Gasteiger partial charge in [0.2, 0.25) is 5.91 Å². The Labute approximate surface area is 194 Å². The molecule has 2 aliphatic heterocycles. The average Bonchev–Trinajstić information content (AvgIpc) is 3.26. The quantitative estimate of drug-likeness (QED) is 0.601. The zero-order chi connectivity index (χ0) is 23.3. The minimum Gasteiger partial charge on any atom is -0.491 e. The van der Waals surface area contributed by atoms with Crippen LogP contribution in [0, 0.1) is 5.82 Å². The van der Waals surface area contributed by atoms with Gasteiger partial charge < -0.3 is 23.8 Å². The molecule has 1 atom stereocenters. The summed E-state index contributed by atoms with van der Waals surface area (Å²) in [6.07, 6.45) is 4.05. The molecule has 0 radical (unpaired) electrons. The van der Waals surface area contributed by atoms with Crippen molar-refractivity contribution in [3.8, 4) is 5.75 Å². The monoisotopic (exact) mass is 459 g/mol. The second kappa shape index (κ2) is 10.6. The Balaban J connectivity index is 1.48. The molecule has 2 fully saturated rings. The van der Waals surface area contributed by atoms with E-state index in [0.717, 1.165) is 45.1 Å². The van der Waals surface area contributed by atoms with Gasteiger partial charge in [0.05, 0.1) is 19.6 Å². The third-order valence-corrected chi connectivity index (χ3v) is 6.48. The number of benzene rings is 1. The van der Waals surface area contributed by atoms with Gasteiger partial charge in [-0.25, -0.2) is 9.37 Å². The molecule has 1 aromatic carbocycles. The summed E-state index contributed by atoms with van der Waals surface area (Å²) in [4.78, 5) is 24.2. The lowest BCUT2D eigenvalue weighted by Gasteiger charge is -2.43. The fourth-order valence-corrected chi connectivity index (χ4v) is 4.47. The van der Waals surface area contributed by atoms with E-state index in [1.807, 2.05) is 17.3 Å². The summed E-state index contributed by atoms with van der Waals surface area (Å²) in [5.41, 5.74) is -0.781. The number of amides is 1. The Hall–Kier alpha value is -2.49. The molecule has 1 amide bonds. The summed E-state index contributed by atoms with van der Waals surface area (Å²) in [5, 5.41) is 0. The highest BCUT2D eigenvalue weighted by molar-refractivity contribution is 5.77. The maximum absolute atomic E-state index is 13.3. The molecule has 2 aromatic rings. The first-order chi connectivity index (χ1) is 16.0. The number of likely N-dealkylation sites (N-methyl/N-ethyl adjacent to an activating group) is 1. The topological polar surface area (TPSA) is 63.1 Å². The zero-order valence-corrected chi connectivity index (χ0v) is 19.6. The van der Waals surface area contributed by atoms with Crippen LogP contribution in [0.15, 0.2) is 36.7 Å². The number of ether oxygens (including phenoxy) is 2. The van der Waals surface area contributed by atoms with Gasteiger partial charge in [-0.05, 0) is 38.2 Å². The van der Waals surface area contributed by atoms with E-state index in [1.165, 1.54) is 12.1 Å². The van der Waals surface area contributed by atoms with Crippen LogP contribution in [0.1, 0.15) is 19.2 Å². The number of carbonyl (C=O) groups is 1. The van der Waals surface area contributed by atoms with Crippen molar-refractivity contribution in [2.24, 2.45) is 0 Å². The van der Waals surface area contributed by atoms with E-state index in [9.17, 15) is 9.18 Å². The molecule has 0 aliphatic carbocycles. The number of aryl methyl sites for hydroxylation is 1. The summed E-state index contributed by atoms with van der Waals surface area (Å²) in [5.74, 6) is 1.33. The molecule has 2 saturated heterocycles. The van der Waals surface area contributed by atoms with Crippen molar-refractivity contribution in [3.05, 3.63) is 48.3 Å². The van der Waals surface area contributed by atoms with E-state index in [-0.39, 0.29) is 24.8 Å². The van der Waals surface area contributed by atoms with Crippen molar-refractivity contribution in [3.63, 3.8) is 0 Å². The highest BCUT2D eigenvalue weighted by atomic mass is 19.1. The molecule has 9 heteroatoms. The largest absolute Gasteiger partial charge is 0.491 e. The third kappa shape index (κ3) is 6.10. The van der Waals surface area contributed by atoms with Crippen LogP contribution in [0.2, 0.25) is 0 Å². The summed E-state index contributed by atoms with van der Waals surface area (Å²) < 4.78 is 27.7.